The number of nitrogens with zero attached hydrogens (tertiary/aromatic N) is 4. The molecule has 0 spiro atoms. The van der Waals surface area contributed by atoms with Gasteiger partial charge in [-0.1, -0.05) is 17.7 Å². The van der Waals surface area contributed by atoms with Crippen LogP contribution in [0.25, 0.3) is 5.82 Å². The van der Waals surface area contributed by atoms with Gasteiger partial charge in [0.2, 0.25) is 5.88 Å². The first kappa shape index (κ1) is 20.3. The minimum Gasteiger partial charge on any atom is -0.439 e. The summed E-state index contributed by atoms with van der Waals surface area (Å²) in [5, 5.41) is 2.92. The topological polar surface area (TPSA) is 81.9 Å². The van der Waals surface area contributed by atoms with Gasteiger partial charge in [-0.15, -0.1) is 0 Å². The molecule has 1 N–H and O–H groups in total. The Morgan fingerprint density at radius 3 is 2.39 bits per heavy atom. The van der Waals surface area contributed by atoms with E-state index in [1.54, 1.807) is 36.7 Å². The van der Waals surface area contributed by atoms with E-state index in [9.17, 15) is 4.79 Å². The Balaban J connectivity index is 1.46. The van der Waals surface area contributed by atoms with Gasteiger partial charge in [-0.3, -0.25) is 9.36 Å². The lowest BCUT2D eigenvalue weighted by Gasteiger charge is -2.10. The summed E-state index contributed by atoms with van der Waals surface area (Å²) in [4.78, 5) is 25.3. The highest BCUT2D eigenvalue weighted by molar-refractivity contribution is 6.05. The standard InChI is InChI=1S/C24H23N5O2/c1-15-5-10-21(16(2)11-15)24(30)28-19-6-8-20(9-7-19)31-23-12-22(25-13-26-23)29-14-27-17(3)18(29)4/h5-14H,1-4H3,(H,28,30). The molecule has 0 fully saturated rings. The van der Waals surface area contributed by atoms with Gasteiger partial charge in [0.1, 0.15) is 24.2 Å². The molecule has 156 valence electrons. The number of aromatic nitrogens is 4. The summed E-state index contributed by atoms with van der Waals surface area (Å²) in [6, 6.07) is 14.7. The van der Waals surface area contributed by atoms with Crippen molar-refractivity contribution in [2.45, 2.75) is 27.7 Å². The third-order valence-electron chi connectivity index (χ3n) is 5.09. The number of nitrogens with one attached hydrogen (secondary N) is 1. The number of rotatable bonds is 5. The van der Waals surface area contributed by atoms with Crippen LogP contribution in [0, 0.1) is 27.7 Å². The number of hydrogen-bond donors (Lipinski definition) is 1. The molecule has 0 atom stereocenters. The van der Waals surface area contributed by atoms with Gasteiger partial charge in [0.15, 0.2) is 0 Å². The van der Waals surface area contributed by atoms with Gasteiger partial charge < -0.3 is 10.1 Å². The fraction of sp³-hybridized carbons (Fsp3) is 0.167. The fourth-order valence-electron chi connectivity index (χ4n) is 3.24. The lowest BCUT2D eigenvalue weighted by atomic mass is 10.1. The maximum absolute atomic E-state index is 12.6. The van der Waals surface area contributed by atoms with Crippen LogP contribution < -0.4 is 10.1 Å². The van der Waals surface area contributed by atoms with Crippen molar-refractivity contribution in [3.05, 3.63) is 89.3 Å². The van der Waals surface area contributed by atoms with Crippen LogP contribution in [0.1, 0.15) is 32.9 Å². The molecule has 0 aliphatic heterocycles. The van der Waals surface area contributed by atoms with Gasteiger partial charge in [0.25, 0.3) is 5.91 Å². The molecule has 0 aliphatic carbocycles. The third-order valence-corrected chi connectivity index (χ3v) is 5.09. The molecule has 0 aliphatic rings. The Kier molecular flexibility index (Phi) is 5.49. The summed E-state index contributed by atoms with van der Waals surface area (Å²) >= 11 is 0. The predicted octanol–water partition coefficient (Wildman–Crippen LogP) is 4.94. The maximum Gasteiger partial charge on any atom is 0.255 e. The second kappa shape index (κ2) is 8.39. The molecule has 4 aromatic rings. The van der Waals surface area contributed by atoms with Crippen LogP contribution >= 0.6 is 0 Å². The average Bonchev–Trinajstić information content (AvgIpc) is 3.08. The SMILES string of the molecule is Cc1ccc(C(=O)Nc2ccc(Oc3cc(-n4cnc(C)c4C)ncn3)cc2)c(C)c1. The smallest absolute Gasteiger partial charge is 0.255 e. The first-order chi connectivity index (χ1) is 14.9. The average molecular weight is 413 g/mol. The van der Waals surface area contributed by atoms with Crippen molar-refractivity contribution in [1.29, 1.82) is 0 Å². The Labute approximate surface area is 180 Å². The highest BCUT2D eigenvalue weighted by atomic mass is 16.5. The van der Waals surface area contributed by atoms with Crippen LogP contribution in [0.2, 0.25) is 0 Å². The van der Waals surface area contributed by atoms with E-state index in [0.717, 1.165) is 22.5 Å². The molecule has 0 saturated carbocycles. The van der Waals surface area contributed by atoms with Gasteiger partial charge >= 0.3 is 0 Å². The summed E-state index contributed by atoms with van der Waals surface area (Å²) < 4.78 is 7.75. The summed E-state index contributed by atoms with van der Waals surface area (Å²) in [5.41, 5.74) is 5.37. The third kappa shape index (κ3) is 4.45. The minimum absolute atomic E-state index is 0.141. The van der Waals surface area contributed by atoms with Crippen molar-refractivity contribution < 1.29 is 9.53 Å². The largest absolute Gasteiger partial charge is 0.439 e. The molecule has 4 rings (SSSR count). The van der Waals surface area contributed by atoms with E-state index in [2.05, 4.69) is 20.3 Å². The fourth-order valence-corrected chi connectivity index (χ4v) is 3.24. The number of anilines is 1. The summed E-state index contributed by atoms with van der Waals surface area (Å²) in [5.74, 6) is 1.56. The summed E-state index contributed by atoms with van der Waals surface area (Å²) in [6.07, 6.45) is 3.18. The maximum atomic E-state index is 12.6. The van der Waals surface area contributed by atoms with E-state index in [-0.39, 0.29) is 5.91 Å². The van der Waals surface area contributed by atoms with Gasteiger partial charge in [-0.25, -0.2) is 15.0 Å². The molecule has 2 heterocycles. The van der Waals surface area contributed by atoms with Crippen molar-refractivity contribution in [3.8, 4) is 17.4 Å². The molecule has 0 unspecified atom stereocenters. The van der Waals surface area contributed by atoms with Crippen LogP contribution in [0.4, 0.5) is 5.69 Å². The summed E-state index contributed by atoms with van der Waals surface area (Å²) in [6.45, 7) is 7.87. The van der Waals surface area contributed by atoms with E-state index in [0.29, 0.717) is 28.7 Å². The normalized spacial score (nSPS) is 10.7. The number of benzene rings is 2. The second-order valence-corrected chi connectivity index (χ2v) is 7.40. The van der Waals surface area contributed by atoms with E-state index in [1.165, 1.54) is 6.33 Å². The van der Waals surface area contributed by atoms with Crippen molar-refractivity contribution in [3.63, 3.8) is 0 Å². The van der Waals surface area contributed by atoms with Crippen molar-refractivity contribution in [2.24, 2.45) is 0 Å². The Bertz CT molecular complexity index is 1250. The van der Waals surface area contributed by atoms with Crippen LogP contribution in [0.5, 0.6) is 11.6 Å². The lowest BCUT2D eigenvalue weighted by Crippen LogP contribution is -2.13. The highest BCUT2D eigenvalue weighted by Crippen LogP contribution is 2.23. The Morgan fingerprint density at radius 1 is 0.935 bits per heavy atom. The van der Waals surface area contributed by atoms with Gasteiger partial charge in [0, 0.05) is 23.0 Å². The molecule has 0 radical (unpaired) electrons. The molecular formula is C24H23N5O2. The second-order valence-electron chi connectivity index (χ2n) is 7.40. The molecular weight excluding hydrogens is 390 g/mol. The molecule has 0 bridgehead atoms. The zero-order chi connectivity index (χ0) is 22.0. The monoisotopic (exact) mass is 413 g/mol. The van der Waals surface area contributed by atoms with Crippen molar-refractivity contribution in [2.75, 3.05) is 5.32 Å². The molecule has 7 heteroatoms. The van der Waals surface area contributed by atoms with E-state index < -0.39 is 0 Å². The van der Waals surface area contributed by atoms with Crippen LogP contribution in [-0.2, 0) is 0 Å². The van der Waals surface area contributed by atoms with Crippen molar-refractivity contribution in [1.82, 2.24) is 19.5 Å². The Hall–Kier alpha value is -4.00. The first-order valence-electron chi connectivity index (χ1n) is 9.90. The van der Waals surface area contributed by atoms with E-state index >= 15 is 0 Å². The lowest BCUT2D eigenvalue weighted by molar-refractivity contribution is 0.102. The highest BCUT2D eigenvalue weighted by Gasteiger charge is 2.10. The zero-order valence-corrected chi connectivity index (χ0v) is 17.9. The number of aryl methyl sites for hydroxylation is 3. The zero-order valence-electron chi connectivity index (χ0n) is 17.9. The molecule has 31 heavy (non-hydrogen) atoms. The number of carbonyl (C=O) groups excluding carboxylic acids is 1. The number of hydrogen-bond acceptors (Lipinski definition) is 5. The molecule has 2 aromatic carbocycles. The Morgan fingerprint density at radius 2 is 1.71 bits per heavy atom. The molecule has 7 nitrogen and oxygen atoms in total. The number of carbonyl (C=O) groups is 1. The van der Waals surface area contributed by atoms with E-state index in [1.807, 2.05) is 50.5 Å². The van der Waals surface area contributed by atoms with Crippen LogP contribution in [0.15, 0.2) is 61.2 Å². The van der Waals surface area contributed by atoms with Gasteiger partial charge in [-0.2, -0.15) is 0 Å². The summed E-state index contributed by atoms with van der Waals surface area (Å²) in [7, 11) is 0. The molecule has 2 aromatic heterocycles. The molecule has 1 amide bonds. The van der Waals surface area contributed by atoms with Crippen LogP contribution in [0.3, 0.4) is 0 Å². The number of ether oxygens (including phenoxy) is 1. The number of amides is 1. The molecule has 0 saturated heterocycles. The quantitative estimate of drug-likeness (QED) is 0.501. The van der Waals surface area contributed by atoms with Gasteiger partial charge in [-0.05, 0) is 63.6 Å². The van der Waals surface area contributed by atoms with Crippen LogP contribution in [-0.4, -0.2) is 25.4 Å². The number of imidazole rings is 1. The van der Waals surface area contributed by atoms with E-state index in [4.69, 9.17) is 4.74 Å². The minimum atomic E-state index is -0.141. The first-order valence-corrected chi connectivity index (χ1v) is 9.90. The van der Waals surface area contributed by atoms with Crippen molar-refractivity contribution >= 4 is 11.6 Å². The van der Waals surface area contributed by atoms with Gasteiger partial charge in [0.05, 0.1) is 5.69 Å². The predicted molar refractivity (Wildman–Crippen MR) is 119 cm³/mol.